The van der Waals surface area contributed by atoms with Gasteiger partial charge < -0.3 is 4.57 Å². The van der Waals surface area contributed by atoms with E-state index in [0.29, 0.717) is 6.54 Å². The summed E-state index contributed by atoms with van der Waals surface area (Å²) in [6.45, 7) is 0.674. The van der Waals surface area contributed by atoms with E-state index in [1.54, 1.807) is 16.7 Å². The zero-order chi connectivity index (χ0) is 12.1. The Bertz CT molecular complexity index is 521. The summed E-state index contributed by atoms with van der Waals surface area (Å²) in [5.74, 6) is 0.991. The van der Waals surface area contributed by atoms with Crippen LogP contribution in [0.2, 0.25) is 0 Å². The number of benzene rings is 1. The van der Waals surface area contributed by atoms with Crippen molar-refractivity contribution < 1.29 is 0 Å². The molecule has 0 saturated heterocycles. The summed E-state index contributed by atoms with van der Waals surface area (Å²) in [6.07, 6.45) is 1.82. The average Bonchev–Trinajstić information content (AvgIpc) is 2.39. The number of nitrogens with zero attached hydrogens (tertiary/aromatic N) is 1. The molecule has 1 unspecified atom stereocenters. The van der Waals surface area contributed by atoms with Gasteiger partial charge in [0.1, 0.15) is 0 Å². The molecule has 0 aliphatic rings. The van der Waals surface area contributed by atoms with Crippen LogP contribution in [0.4, 0.5) is 0 Å². The van der Waals surface area contributed by atoms with Crippen molar-refractivity contribution in [3.63, 3.8) is 0 Å². The Morgan fingerprint density at radius 1 is 1.06 bits per heavy atom. The lowest BCUT2D eigenvalue weighted by Crippen LogP contribution is -2.22. The number of rotatable bonds is 4. The van der Waals surface area contributed by atoms with Gasteiger partial charge >= 0.3 is 0 Å². The highest BCUT2D eigenvalue weighted by atomic mass is 32.1. The van der Waals surface area contributed by atoms with Gasteiger partial charge in [-0.2, -0.15) is 12.6 Å². The maximum absolute atomic E-state index is 11.6. The van der Waals surface area contributed by atoms with Crippen LogP contribution in [0, 0.1) is 0 Å². The van der Waals surface area contributed by atoms with Crippen LogP contribution in [0.5, 0.6) is 0 Å². The van der Waals surface area contributed by atoms with Gasteiger partial charge in [-0.3, -0.25) is 4.79 Å². The lowest BCUT2D eigenvalue weighted by Gasteiger charge is -2.16. The predicted octanol–water partition coefficient (Wildman–Crippen LogP) is 2.56. The zero-order valence-electron chi connectivity index (χ0n) is 9.49. The first-order valence-electron chi connectivity index (χ1n) is 5.62. The van der Waals surface area contributed by atoms with E-state index in [1.807, 2.05) is 30.5 Å². The van der Waals surface area contributed by atoms with Crippen LogP contribution < -0.4 is 5.56 Å². The second-order valence-electron chi connectivity index (χ2n) is 3.98. The minimum absolute atomic E-state index is 0.0372. The number of hydrogen-bond donors (Lipinski definition) is 1. The van der Waals surface area contributed by atoms with Gasteiger partial charge in [0.25, 0.3) is 5.56 Å². The Kier molecular flexibility index (Phi) is 4.04. The van der Waals surface area contributed by atoms with E-state index < -0.39 is 0 Å². The predicted molar refractivity (Wildman–Crippen MR) is 73.7 cm³/mol. The molecule has 0 radical (unpaired) electrons. The monoisotopic (exact) mass is 245 g/mol. The normalized spacial score (nSPS) is 12.3. The molecule has 0 fully saturated rings. The summed E-state index contributed by atoms with van der Waals surface area (Å²) in [5.41, 5.74) is 1.26. The van der Waals surface area contributed by atoms with Crippen LogP contribution in [0.1, 0.15) is 11.5 Å². The number of aromatic nitrogens is 1. The lowest BCUT2D eigenvalue weighted by atomic mass is 10.0. The highest BCUT2D eigenvalue weighted by Crippen LogP contribution is 2.18. The number of hydrogen-bond acceptors (Lipinski definition) is 2. The Balaban J connectivity index is 2.22. The smallest absolute Gasteiger partial charge is 0.250 e. The van der Waals surface area contributed by atoms with Crippen molar-refractivity contribution in [3.05, 3.63) is 70.6 Å². The first kappa shape index (κ1) is 12.0. The standard InChI is InChI=1S/C14H15NOS/c16-14-8-4-5-9-15(14)10-13(11-17)12-6-2-1-3-7-12/h1-9,13,17H,10-11H2. The van der Waals surface area contributed by atoms with Crippen LogP contribution in [-0.2, 0) is 6.54 Å². The summed E-state index contributed by atoms with van der Waals surface area (Å²) in [4.78, 5) is 11.6. The van der Waals surface area contributed by atoms with Gasteiger partial charge in [0.15, 0.2) is 0 Å². The van der Waals surface area contributed by atoms with E-state index in [1.165, 1.54) is 5.56 Å². The molecule has 1 atom stereocenters. The van der Waals surface area contributed by atoms with Gasteiger partial charge in [-0.25, -0.2) is 0 Å². The maximum atomic E-state index is 11.6. The molecule has 1 heterocycles. The molecule has 1 aromatic carbocycles. The fourth-order valence-corrected chi connectivity index (χ4v) is 2.17. The first-order chi connectivity index (χ1) is 8.31. The number of pyridine rings is 1. The SMILES string of the molecule is O=c1ccccn1CC(CS)c1ccccc1. The molecular formula is C14H15NOS. The molecule has 0 saturated carbocycles. The molecule has 2 aromatic rings. The van der Waals surface area contributed by atoms with Gasteiger partial charge in [-0.05, 0) is 17.4 Å². The molecular weight excluding hydrogens is 230 g/mol. The van der Waals surface area contributed by atoms with E-state index in [0.717, 1.165) is 5.75 Å². The molecule has 0 aliphatic carbocycles. The van der Waals surface area contributed by atoms with Gasteiger partial charge in [0.2, 0.25) is 0 Å². The molecule has 1 aromatic heterocycles. The molecule has 0 N–H and O–H groups in total. The lowest BCUT2D eigenvalue weighted by molar-refractivity contribution is 0.587. The molecule has 17 heavy (non-hydrogen) atoms. The molecule has 2 nitrogen and oxygen atoms in total. The largest absolute Gasteiger partial charge is 0.315 e. The van der Waals surface area contributed by atoms with Crippen LogP contribution in [0.15, 0.2) is 59.5 Å². The Labute approximate surface area is 106 Å². The zero-order valence-corrected chi connectivity index (χ0v) is 10.4. The fraction of sp³-hybridized carbons (Fsp3) is 0.214. The molecule has 0 bridgehead atoms. The highest BCUT2D eigenvalue weighted by molar-refractivity contribution is 7.80. The minimum Gasteiger partial charge on any atom is -0.315 e. The minimum atomic E-state index is 0.0372. The van der Waals surface area contributed by atoms with Crippen molar-refractivity contribution in [1.82, 2.24) is 4.57 Å². The topological polar surface area (TPSA) is 22.0 Å². The van der Waals surface area contributed by atoms with Crippen molar-refractivity contribution in [3.8, 4) is 0 Å². The van der Waals surface area contributed by atoms with Gasteiger partial charge in [-0.1, -0.05) is 36.4 Å². The summed E-state index contributed by atoms with van der Waals surface area (Å²) in [5, 5.41) is 0. The van der Waals surface area contributed by atoms with Crippen LogP contribution in [0.3, 0.4) is 0 Å². The van der Waals surface area contributed by atoms with Crippen molar-refractivity contribution in [2.75, 3.05) is 5.75 Å². The summed E-state index contributed by atoms with van der Waals surface area (Å²) < 4.78 is 1.73. The Hall–Kier alpha value is -1.48. The van der Waals surface area contributed by atoms with Crippen molar-refractivity contribution >= 4 is 12.6 Å². The molecule has 88 valence electrons. The molecule has 0 amide bonds. The third-order valence-corrected chi connectivity index (χ3v) is 3.25. The third kappa shape index (κ3) is 3.01. The summed E-state index contributed by atoms with van der Waals surface area (Å²) in [6, 6.07) is 15.4. The van der Waals surface area contributed by atoms with E-state index in [2.05, 4.69) is 24.8 Å². The molecule has 0 aliphatic heterocycles. The van der Waals surface area contributed by atoms with Gasteiger partial charge in [0, 0.05) is 24.7 Å². The fourth-order valence-electron chi connectivity index (χ4n) is 1.84. The average molecular weight is 245 g/mol. The van der Waals surface area contributed by atoms with Gasteiger partial charge in [-0.15, -0.1) is 0 Å². The Morgan fingerprint density at radius 3 is 2.41 bits per heavy atom. The quantitative estimate of drug-likeness (QED) is 0.822. The highest BCUT2D eigenvalue weighted by Gasteiger charge is 2.10. The molecule has 2 rings (SSSR count). The summed E-state index contributed by atoms with van der Waals surface area (Å²) >= 11 is 4.38. The molecule has 3 heteroatoms. The van der Waals surface area contributed by atoms with Gasteiger partial charge in [0.05, 0.1) is 0 Å². The maximum Gasteiger partial charge on any atom is 0.250 e. The molecule has 0 spiro atoms. The van der Waals surface area contributed by atoms with Crippen LogP contribution in [-0.4, -0.2) is 10.3 Å². The van der Waals surface area contributed by atoms with Crippen molar-refractivity contribution in [2.45, 2.75) is 12.5 Å². The second-order valence-corrected chi connectivity index (χ2v) is 4.35. The second kappa shape index (κ2) is 5.73. The van der Waals surface area contributed by atoms with Crippen molar-refractivity contribution in [1.29, 1.82) is 0 Å². The van der Waals surface area contributed by atoms with E-state index in [9.17, 15) is 4.79 Å². The van der Waals surface area contributed by atoms with Crippen molar-refractivity contribution in [2.24, 2.45) is 0 Å². The van der Waals surface area contributed by atoms with Crippen LogP contribution in [0.25, 0.3) is 0 Å². The van der Waals surface area contributed by atoms with E-state index in [4.69, 9.17) is 0 Å². The number of thiol groups is 1. The van der Waals surface area contributed by atoms with Crippen LogP contribution >= 0.6 is 12.6 Å². The Morgan fingerprint density at radius 2 is 1.76 bits per heavy atom. The van der Waals surface area contributed by atoms with E-state index in [-0.39, 0.29) is 11.5 Å². The third-order valence-electron chi connectivity index (χ3n) is 2.81. The summed E-state index contributed by atoms with van der Waals surface area (Å²) in [7, 11) is 0. The van der Waals surface area contributed by atoms with E-state index >= 15 is 0 Å². The first-order valence-corrected chi connectivity index (χ1v) is 6.26.